The van der Waals surface area contributed by atoms with Crippen LogP contribution in [-0.2, 0) is 0 Å². The van der Waals surface area contributed by atoms with Crippen molar-refractivity contribution in [3.8, 4) is 5.75 Å². The van der Waals surface area contributed by atoms with Gasteiger partial charge in [0.15, 0.2) is 11.6 Å². The summed E-state index contributed by atoms with van der Waals surface area (Å²) in [6.45, 7) is 1.89. The highest BCUT2D eigenvalue weighted by Crippen LogP contribution is 2.22. The Labute approximate surface area is 121 Å². The number of halogens is 1. The van der Waals surface area contributed by atoms with Crippen molar-refractivity contribution in [1.82, 2.24) is 0 Å². The Morgan fingerprint density at radius 2 is 2.00 bits per heavy atom. The molecule has 0 aliphatic heterocycles. The smallest absolute Gasteiger partial charge is 0.257 e. The molecule has 0 fully saturated rings. The molecule has 4 N–H and O–H groups in total. The predicted octanol–water partition coefficient (Wildman–Crippen LogP) is 2.68. The molecule has 0 bridgehead atoms. The first kappa shape index (κ1) is 14.8. The highest BCUT2D eigenvalue weighted by atomic mass is 19.1. The largest absolute Gasteiger partial charge is 0.494 e. The van der Waals surface area contributed by atoms with Crippen LogP contribution in [0.4, 0.5) is 15.8 Å². The summed E-state index contributed by atoms with van der Waals surface area (Å²) >= 11 is 0. The number of ether oxygens (including phenoxy) is 1. The molecule has 0 aliphatic carbocycles. The molecule has 6 heteroatoms. The van der Waals surface area contributed by atoms with Crippen LogP contribution in [0.25, 0.3) is 0 Å². The molecule has 2 aromatic rings. The molecule has 0 unspecified atom stereocenters. The Kier molecular flexibility index (Phi) is 4.39. The average molecular weight is 289 g/mol. The molecule has 1 amide bonds. The standard InChI is InChI=1S/C15H16FN3O2/c1-9-3-5-11(13(7-9)19-17)15(20)18-10-4-6-14(21-2)12(16)8-10/h3-8,19H,17H2,1-2H3,(H,18,20). The number of nitrogens with one attached hydrogen (secondary N) is 2. The number of carbonyl (C=O) groups is 1. The molecule has 21 heavy (non-hydrogen) atoms. The van der Waals surface area contributed by atoms with Gasteiger partial charge in [0.1, 0.15) is 0 Å². The van der Waals surface area contributed by atoms with Crippen molar-refractivity contribution >= 4 is 17.3 Å². The van der Waals surface area contributed by atoms with E-state index in [2.05, 4.69) is 10.7 Å². The van der Waals surface area contributed by atoms with Crippen molar-refractivity contribution < 1.29 is 13.9 Å². The zero-order valence-electron chi connectivity index (χ0n) is 11.7. The molecule has 0 spiro atoms. The lowest BCUT2D eigenvalue weighted by Gasteiger charge is -2.11. The maximum atomic E-state index is 13.6. The van der Waals surface area contributed by atoms with Gasteiger partial charge in [0.05, 0.1) is 18.4 Å². The van der Waals surface area contributed by atoms with Crippen molar-refractivity contribution in [1.29, 1.82) is 0 Å². The Balaban J connectivity index is 2.24. The van der Waals surface area contributed by atoms with Crippen molar-refractivity contribution in [3.63, 3.8) is 0 Å². The van der Waals surface area contributed by atoms with Crippen molar-refractivity contribution in [2.75, 3.05) is 17.9 Å². The van der Waals surface area contributed by atoms with Gasteiger partial charge in [0.25, 0.3) is 5.91 Å². The third-order valence-electron chi connectivity index (χ3n) is 2.98. The lowest BCUT2D eigenvalue weighted by atomic mass is 10.1. The van der Waals surface area contributed by atoms with E-state index in [1.54, 1.807) is 24.3 Å². The van der Waals surface area contributed by atoms with Gasteiger partial charge in [0.2, 0.25) is 0 Å². The quantitative estimate of drug-likeness (QED) is 0.597. The minimum atomic E-state index is -0.545. The molecule has 0 saturated heterocycles. The van der Waals surface area contributed by atoms with Gasteiger partial charge in [0, 0.05) is 11.8 Å². The molecular formula is C15H16FN3O2. The van der Waals surface area contributed by atoms with Crippen molar-refractivity contribution in [2.24, 2.45) is 5.84 Å². The third-order valence-corrected chi connectivity index (χ3v) is 2.98. The summed E-state index contributed by atoms with van der Waals surface area (Å²) in [7, 11) is 1.38. The van der Waals surface area contributed by atoms with Crippen LogP contribution < -0.4 is 21.3 Å². The van der Waals surface area contributed by atoms with Crippen LogP contribution in [0.15, 0.2) is 36.4 Å². The summed E-state index contributed by atoms with van der Waals surface area (Å²) in [5.74, 6) is 4.60. The first-order chi connectivity index (χ1) is 10.0. The van der Waals surface area contributed by atoms with E-state index in [1.165, 1.54) is 19.2 Å². The number of hydrogen-bond acceptors (Lipinski definition) is 4. The van der Waals surface area contributed by atoms with Crippen LogP contribution in [0.5, 0.6) is 5.75 Å². The lowest BCUT2D eigenvalue weighted by molar-refractivity contribution is 0.102. The fraction of sp³-hybridized carbons (Fsp3) is 0.133. The first-order valence-corrected chi connectivity index (χ1v) is 6.27. The summed E-state index contributed by atoms with van der Waals surface area (Å²) in [6, 6.07) is 9.40. The van der Waals surface area contributed by atoms with E-state index in [9.17, 15) is 9.18 Å². The number of hydrogen-bond donors (Lipinski definition) is 3. The van der Waals surface area contributed by atoms with Gasteiger partial charge in [-0.25, -0.2) is 4.39 Å². The van der Waals surface area contributed by atoms with Crippen LogP contribution in [-0.4, -0.2) is 13.0 Å². The minimum absolute atomic E-state index is 0.118. The fourth-order valence-corrected chi connectivity index (χ4v) is 1.92. The molecule has 0 aliphatic rings. The van der Waals surface area contributed by atoms with Crippen LogP contribution in [0.1, 0.15) is 15.9 Å². The number of methoxy groups -OCH3 is 1. The highest BCUT2D eigenvalue weighted by Gasteiger charge is 2.12. The average Bonchev–Trinajstić information content (AvgIpc) is 2.47. The second-order valence-corrected chi connectivity index (χ2v) is 4.50. The Bertz CT molecular complexity index is 674. The topological polar surface area (TPSA) is 76.4 Å². The highest BCUT2D eigenvalue weighted by molar-refractivity contribution is 6.08. The molecule has 5 nitrogen and oxygen atoms in total. The molecule has 0 atom stereocenters. The summed E-state index contributed by atoms with van der Waals surface area (Å²) in [6.07, 6.45) is 0. The number of anilines is 2. The molecule has 2 rings (SSSR count). The minimum Gasteiger partial charge on any atom is -0.494 e. The first-order valence-electron chi connectivity index (χ1n) is 6.27. The van der Waals surface area contributed by atoms with E-state index in [4.69, 9.17) is 10.6 Å². The van der Waals surface area contributed by atoms with Crippen LogP contribution >= 0.6 is 0 Å². The van der Waals surface area contributed by atoms with Crippen LogP contribution in [0, 0.1) is 12.7 Å². The Morgan fingerprint density at radius 3 is 2.62 bits per heavy atom. The number of nitrogens with two attached hydrogens (primary N) is 1. The maximum absolute atomic E-state index is 13.6. The zero-order valence-corrected chi connectivity index (χ0v) is 11.7. The van der Waals surface area contributed by atoms with Gasteiger partial charge in [-0.2, -0.15) is 0 Å². The van der Waals surface area contributed by atoms with E-state index in [0.29, 0.717) is 16.9 Å². The number of hydrazine groups is 1. The van der Waals surface area contributed by atoms with Gasteiger partial charge >= 0.3 is 0 Å². The molecule has 110 valence electrons. The summed E-state index contributed by atoms with van der Waals surface area (Å²) < 4.78 is 18.4. The number of benzene rings is 2. The molecule has 0 aromatic heterocycles. The second kappa shape index (κ2) is 6.23. The molecule has 0 heterocycles. The van der Waals surface area contributed by atoms with Crippen molar-refractivity contribution in [2.45, 2.75) is 6.92 Å². The number of amides is 1. The molecular weight excluding hydrogens is 273 g/mol. The number of aryl methyl sites for hydroxylation is 1. The van der Waals surface area contributed by atoms with Crippen molar-refractivity contribution in [3.05, 3.63) is 53.3 Å². The van der Waals surface area contributed by atoms with Gasteiger partial charge in [-0.05, 0) is 36.8 Å². The fourth-order valence-electron chi connectivity index (χ4n) is 1.92. The van der Waals surface area contributed by atoms with E-state index < -0.39 is 5.82 Å². The Hall–Kier alpha value is -2.60. The lowest BCUT2D eigenvalue weighted by Crippen LogP contribution is -2.17. The normalized spacial score (nSPS) is 10.1. The summed E-state index contributed by atoms with van der Waals surface area (Å²) in [5.41, 5.74) is 4.66. The van der Waals surface area contributed by atoms with Crippen LogP contribution in [0.3, 0.4) is 0 Å². The number of rotatable bonds is 4. The molecule has 0 saturated carbocycles. The van der Waals surface area contributed by atoms with E-state index >= 15 is 0 Å². The molecule has 0 radical (unpaired) electrons. The number of nitrogen functional groups attached to an aromatic ring is 1. The van der Waals surface area contributed by atoms with Gasteiger partial charge in [-0.1, -0.05) is 6.07 Å². The second-order valence-electron chi connectivity index (χ2n) is 4.50. The maximum Gasteiger partial charge on any atom is 0.257 e. The Morgan fingerprint density at radius 1 is 1.24 bits per heavy atom. The third kappa shape index (κ3) is 3.29. The van der Waals surface area contributed by atoms with E-state index in [0.717, 1.165) is 5.56 Å². The zero-order chi connectivity index (χ0) is 15.4. The SMILES string of the molecule is COc1ccc(NC(=O)c2ccc(C)cc2NN)cc1F. The van der Waals surface area contributed by atoms with E-state index in [-0.39, 0.29) is 11.7 Å². The number of carbonyl (C=O) groups excluding carboxylic acids is 1. The summed E-state index contributed by atoms with van der Waals surface area (Å²) in [4.78, 5) is 12.2. The van der Waals surface area contributed by atoms with Gasteiger partial charge in [-0.15, -0.1) is 0 Å². The van der Waals surface area contributed by atoms with Gasteiger partial charge in [-0.3, -0.25) is 10.6 Å². The van der Waals surface area contributed by atoms with Crippen LogP contribution in [0.2, 0.25) is 0 Å². The van der Waals surface area contributed by atoms with Gasteiger partial charge < -0.3 is 15.5 Å². The predicted molar refractivity (Wildman–Crippen MR) is 79.9 cm³/mol. The monoisotopic (exact) mass is 289 g/mol. The molecule has 2 aromatic carbocycles. The van der Waals surface area contributed by atoms with E-state index in [1.807, 2.05) is 6.92 Å². The summed E-state index contributed by atoms with van der Waals surface area (Å²) in [5, 5.41) is 2.61.